The van der Waals surface area contributed by atoms with Crippen molar-refractivity contribution in [2.24, 2.45) is 0 Å². The topological polar surface area (TPSA) is 50.1 Å². The van der Waals surface area contributed by atoms with Crippen molar-refractivity contribution in [1.82, 2.24) is 25.1 Å². The van der Waals surface area contributed by atoms with Crippen LogP contribution in [0.1, 0.15) is 19.8 Å². The summed E-state index contributed by atoms with van der Waals surface area (Å²) in [5.41, 5.74) is 1.01. The molecule has 0 radical (unpaired) electrons. The summed E-state index contributed by atoms with van der Waals surface area (Å²) in [7, 11) is 0. The number of rotatable bonds is 3. The first-order chi connectivity index (χ1) is 10.3. The number of anilines is 1. The van der Waals surface area contributed by atoms with Crippen LogP contribution in [-0.4, -0.2) is 56.8 Å². The summed E-state index contributed by atoms with van der Waals surface area (Å²) in [6, 6.07) is 11.4. The average Bonchev–Trinajstić information content (AvgIpc) is 3.26. The molecule has 1 aliphatic heterocycles. The van der Waals surface area contributed by atoms with Gasteiger partial charge in [0.05, 0.1) is 5.69 Å². The van der Waals surface area contributed by atoms with Gasteiger partial charge in [-0.25, -0.2) is 0 Å². The van der Waals surface area contributed by atoms with Crippen molar-refractivity contribution in [1.29, 1.82) is 0 Å². The zero-order chi connectivity index (χ0) is 14.2. The summed E-state index contributed by atoms with van der Waals surface area (Å²) in [6.07, 6.45) is 2.74. The van der Waals surface area contributed by atoms with Gasteiger partial charge in [0, 0.05) is 31.7 Å². The lowest BCUT2D eigenvalue weighted by atomic mass is 10.2. The molecule has 110 valence electrons. The number of para-hydroxylation sites is 1. The van der Waals surface area contributed by atoms with Crippen molar-refractivity contribution in [3.05, 3.63) is 30.3 Å². The lowest BCUT2D eigenvalue weighted by molar-refractivity contribution is 0.218. The minimum Gasteiger partial charge on any atom is -0.334 e. The highest BCUT2D eigenvalue weighted by molar-refractivity contribution is 5.41. The largest absolute Gasteiger partial charge is 0.334 e. The molecule has 0 N–H and O–H groups in total. The van der Waals surface area contributed by atoms with Crippen molar-refractivity contribution in [3.8, 4) is 5.69 Å². The summed E-state index contributed by atoms with van der Waals surface area (Å²) in [5.74, 6) is 0.851. The summed E-state index contributed by atoms with van der Waals surface area (Å²) in [5, 5.41) is 12.3. The van der Waals surface area contributed by atoms with E-state index in [1.54, 1.807) is 0 Å². The van der Waals surface area contributed by atoms with Gasteiger partial charge < -0.3 is 4.90 Å². The van der Waals surface area contributed by atoms with Crippen LogP contribution in [0, 0.1) is 0 Å². The maximum Gasteiger partial charge on any atom is 0.250 e. The SMILES string of the molecule is CC1CN(C2CC2)CCN1c1nnnn1-c1ccccc1. The highest BCUT2D eigenvalue weighted by Crippen LogP contribution is 2.30. The van der Waals surface area contributed by atoms with Crippen LogP contribution in [0.4, 0.5) is 5.95 Å². The lowest BCUT2D eigenvalue weighted by Gasteiger charge is -2.40. The Bertz CT molecular complexity index is 606. The Morgan fingerprint density at radius 1 is 1.10 bits per heavy atom. The van der Waals surface area contributed by atoms with Crippen LogP contribution < -0.4 is 4.90 Å². The molecule has 21 heavy (non-hydrogen) atoms. The van der Waals surface area contributed by atoms with E-state index in [2.05, 4.69) is 32.2 Å². The van der Waals surface area contributed by atoms with Gasteiger partial charge >= 0.3 is 0 Å². The average molecular weight is 284 g/mol. The van der Waals surface area contributed by atoms with E-state index in [9.17, 15) is 0 Å². The van der Waals surface area contributed by atoms with Crippen LogP contribution in [0.2, 0.25) is 0 Å². The Balaban J connectivity index is 1.58. The second kappa shape index (κ2) is 5.11. The smallest absolute Gasteiger partial charge is 0.250 e. The van der Waals surface area contributed by atoms with E-state index in [1.165, 1.54) is 12.8 Å². The molecular formula is C15H20N6. The highest BCUT2D eigenvalue weighted by Gasteiger charge is 2.35. The summed E-state index contributed by atoms with van der Waals surface area (Å²) in [4.78, 5) is 4.93. The number of aromatic nitrogens is 4. The molecular weight excluding hydrogens is 264 g/mol. The molecule has 1 saturated carbocycles. The fourth-order valence-electron chi connectivity index (χ4n) is 3.15. The fraction of sp³-hybridized carbons (Fsp3) is 0.533. The molecule has 0 spiro atoms. The zero-order valence-electron chi connectivity index (χ0n) is 12.3. The van der Waals surface area contributed by atoms with Crippen molar-refractivity contribution in [3.63, 3.8) is 0 Å². The third-order valence-electron chi connectivity index (χ3n) is 4.43. The van der Waals surface area contributed by atoms with Gasteiger partial charge in [-0.1, -0.05) is 23.3 Å². The van der Waals surface area contributed by atoms with Gasteiger partial charge in [-0.15, -0.1) is 0 Å². The van der Waals surface area contributed by atoms with E-state index < -0.39 is 0 Å². The van der Waals surface area contributed by atoms with E-state index in [4.69, 9.17) is 0 Å². The molecule has 0 bridgehead atoms. The molecule has 2 fully saturated rings. The quantitative estimate of drug-likeness (QED) is 0.851. The van der Waals surface area contributed by atoms with E-state index >= 15 is 0 Å². The Morgan fingerprint density at radius 2 is 1.90 bits per heavy atom. The molecule has 6 nitrogen and oxygen atoms in total. The Hall–Kier alpha value is -1.95. The molecule has 1 aromatic carbocycles. The van der Waals surface area contributed by atoms with Crippen LogP contribution >= 0.6 is 0 Å². The first-order valence-corrected chi connectivity index (χ1v) is 7.67. The standard InChI is InChI=1S/C15H20N6/c1-12-11-19(13-7-8-13)9-10-20(12)15-16-17-18-21(15)14-5-3-2-4-6-14/h2-6,12-13H,7-11H2,1H3. The lowest BCUT2D eigenvalue weighted by Crippen LogP contribution is -2.53. The second-order valence-corrected chi connectivity index (χ2v) is 5.99. The number of piperazine rings is 1. The van der Waals surface area contributed by atoms with Crippen molar-refractivity contribution >= 4 is 5.95 Å². The predicted molar refractivity (Wildman–Crippen MR) is 80.6 cm³/mol. The van der Waals surface area contributed by atoms with Crippen LogP contribution in [0.15, 0.2) is 30.3 Å². The maximum absolute atomic E-state index is 4.26. The van der Waals surface area contributed by atoms with Gasteiger partial charge in [-0.2, -0.15) is 4.68 Å². The minimum atomic E-state index is 0.438. The summed E-state index contributed by atoms with van der Waals surface area (Å²) < 4.78 is 1.84. The zero-order valence-corrected chi connectivity index (χ0v) is 12.3. The van der Waals surface area contributed by atoms with Crippen LogP contribution in [0.3, 0.4) is 0 Å². The first kappa shape index (κ1) is 12.8. The van der Waals surface area contributed by atoms with E-state index in [-0.39, 0.29) is 0 Å². The van der Waals surface area contributed by atoms with Crippen LogP contribution in [0.25, 0.3) is 5.69 Å². The molecule has 2 aliphatic rings. The third-order valence-corrected chi connectivity index (χ3v) is 4.43. The number of benzene rings is 1. The summed E-state index contributed by atoms with van der Waals surface area (Å²) in [6.45, 7) is 5.46. The molecule has 6 heteroatoms. The molecule has 1 aromatic heterocycles. The number of nitrogens with zero attached hydrogens (tertiary/aromatic N) is 6. The Labute approximate surface area is 124 Å². The molecule has 2 heterocycles. The fourth-order valence-corrected chi connectivity index (χ4v) is 3.15. The molecule has 2 aromatic rings. The Morgan fingerprint density at radius 3 is 2.62 bits per heavy atom. The predicted octanol–water partition coefficient (Wildman–Crippen LogP) is 1.34. The third kappa shape index (κ3) is 2.40. The second-order valence-electron chi connectivity index (χ2n) is 5.99. The van der Waals surface area contributed by atoms with Gasteiger partial charge in [0.2, 0.25) is 0 Å². The molecule has 4 rings (SSSR count). The normalized spacial score (nSPS) is 23.5. The maximum atomic E-state index is 4.26. The van der Waals surface area contributed by atoms with Crippen molar-refractivity contribution in [2.75, 3.05) is 24.5 Å². The minimum absolute atomic E-state index is 0.438. The van der Waals surface area contributed by atoms with Crippen molar-refractivity contribution in [2.45, 2.75) is 31.8 Å². The first-order valence-electron chi connectivity index (χ1n) is 7.67. The van der Waals surface area contributed by atoms with Gasteiger partial charge in [-0.3, -0.25) is 4.90 Å². The summed E-state index contributed by atoms with van der Waals surface area (Å²) >= 11 is 0. The monoisotopic (exact) mass is 284 g/mol. The van der Waals surface area contributed by atoms with Gasteiger partial charge in [0.1, 0.15) is 0 Å². The van der Waals surface area contributed by atoms with Gasteiger partial charge in [0.15, 0.2) is 0 Å². The van der Waals surface area contributed by atoms with Gasteiger partial charge in [0.25, 0.3) is 5.95 Å². The molecule has 0 amide bonds. The van der Waals surface area contributed by atoms with Crippen molar-refractivity contribution < 1.29 is 0 Å². The number of tetrazole rings is 1. The van der Waals surface area contributed by atoms with E-state index in [1.807, 2.05) is 35.0 Å². The molecule has 1 aliphatic carbocycles. The number of hydrogen-bond acceptors (Lipinski definition) is 5. The Kier molecular flexibility index (Phi) is 3.11. The highest BCUT2D eigenvalue weighted by atomic mass is 15.6. The van der Waals surface area contributed by atoms with Crippen LogP contribution in [-0.2, 0) is 0 Å². The molecule has 1 unspecified atom stereocenters. The van der Waals surface area contributed by atoms with E-state index in [0.29, 0.717) is 6.04 Å². The van der Waals surface area contributed by atoms with E-state index in [0.717, 1.165) is 37.3 Å². The van der Waals surface area contributed by atoms with Crippen LogP contribution in [0.5, 0.6) is 0 Å². The molecule has 1 atom stereocenters. The number of hydrogen-bond donors (Lipinski definition) is 0. The molecule has 1 saturated heterocycles. The van der Waals surface area contributed by atoms with Gasteiger partial charge in [-0.05, 0) is 42.3 Å².